The number of ether oxygens (including phenoxy) is 1. The molecule has 0 amide bonds. The van der Waals surface area contributed by atoms with E-state index in [9.17, 15) is 5.11 Å². The summed E-state index contributed by atoms with van der Waals surface area (Å²) in [6.45, 7) is 3.30. The molecule has 1 aromatic carbocycles. The van der Waals surface area contributed by atoms with Crippen LogP contribution in [0.25, 0.3) is 0 Å². The van der Waals surface area contributed by atoms with Crippen LogP contribution in [0, 0.1) is 0 Å². The molecule has 0 saturated carbocycles. The van der Waals surface area contributed by atoms with Gasteiger partial charge < -0.3 is 20.1 Å². The van der Waals surface area contributed by atoms with E-state index in [0.717, 1.165) is 12.3 Å². The maximum Gasteiger partial charge on any atom is 0.137 e. The highest BCUT2D eigenvalue weighted by Crippen LogP contribution is 2.07. The number of rotatable bonds is 9. The Morgan fingerprint density at radius 2 is 2.00 bits per heavy atom. The molecular formula is C14H26N2O2+2. The number of benzene rings is 1. The predicted octanol–water partition coefficient (Wildman–Crippen LogP) is -1.48. The van der Waals surface area contributed by atoms with Crippen LogP contribution in [0.4, 0.5) is 0 Å². The van der Waals surface area contributed by atoms with Crippen LogP contribution in [0.15, 0.2) is 30.3 Å². The van der Waals surface area contributed by atoms with E-state index in [0.29, 0.717) is 13.2 Å². The van der Waals surface area contributed by atoms with Crippen molar-refractivity contribution in [3.8, 4) is 5.75 Å². The highest BCUT2D eigenvalue weighted by atomic mass is 16.5. The Kier molecular flexibility index (Phi) is 7.41. The summed E-state index contributed by atoms with van der Waals surface area (Å²) in [7, 11) is 4.31. The normalized spacial score (nSPS) is 12.7. The quantitative estimate of drug-likeness (QED) is 0.471. The van der Waals surface area contributed by atoms with Crippen LogP contribution in [0.2, 0.25) is 0 Å². The Hall–Kier alpha value is -1.10. The fraction of sp³-hybridized carbons (Fsp3) is 0.571. The lowest BCUT2D eigenvalue weighted by Crippen LogP contribution is -3.06. The maximum atomic E-state index is 9.76. The van der Waals surface area contributed by atoms with Crippen LogP contribution in [0.5, 0.6) is 5.75 Å². The molecule has 0 aromatic heterocycles. The minimum Gasteiger partial charge on any atom is -0.491 e. The zero-order valence-electron chi connectivity index (χ0n) is 11.4. The van der Waals surface area contributed by atoms with E-state index in [2.05, 4.69) is 19.4 Å². The second kappa shape index (κ2) is 8.91. The molecule has 0 saturated heterocycles. The Bertz CT molecular complexity index is 304. The zero-order chi connectivity index (χ0) is 13.2. The lowest BCUT2D eigenvalue weighted by atomic mass is 10.3. The van der Waals surface area contributed by atoms with Gasteiger partial charge in [-0.25, -0.2) is 0 Å². The highest BCUT2D eigenvalue weighted by Gasteiger charge is 2.07. The topological polar surface area (TPSA) is 50.5 Å². The molecule has 0 unspecified atom stereocenters. The molecule has 0 aliphatic heterocycles. The molecule has 0 fully saturated rings. The number of quaternary nitrogens is 2. The molecule has 0 aliphatic carbocycles. The molecule has 102 valence electrons. The monoisotopic (exact) mass is 254 g/mol. The molecule has 0 radical (unpaired) electrons. The standard InChI is InChI=1S/C14H24N2O2/c1-16(2)10-6-9-15-11-13(17)12-18-14-7-4-3-5-8-14/h3-5,7-8,13,15,17H,6,9-12H2,1-2H3/p+2/t13-/m1/s1. The summed E-state index contributed by atoms with van der Waals surface area (Å²) in [6.07, 6.45) is 0.770. The van der Waals surface area contributed by atoms with Crippen LogP contribution < -0.4 is 15.0 Å². The minimum atomic E-state index is -0.406. The van der Waals surface area contributed by atoms with Gasteiger partial charge in [0.05, 0.1) is 27.2 Å². The molecule has 0 heterocycles. The van der Waals surface area contributed by atoms with Gasteiger partial charge in [0, 0.05) is 6.42 Å². The van der Waals surface area contributed by atoms with Crippen LogP contribution in [0.3, 0.4) is 0 Å². The molecule has 1 rings (SSSR count). The largest absolute Gasteiger partial charge is 0.491 e. The predicted molar refractivity (Wildman–Crippen MR) is 71.9 cm³/mol. The van der Waals surface area contributed by atoms with E-state index >= 15 is 0 Å². The summed E-state index contributed by atoms with van der Waals surface area (Å²) in [6, 6.07) is 9.60. The van der Waals surface area contributed by atoms with Crippen molar-refractivity contribution in [3.05, 3.63) is 30.3 Å². The van der Waals surface area contributed by atoms with Crippen LogP contribution >= 0.6 is 0 Å². The van der Waals surface area contributed by atoms with Gasteiger partial charge in [0.15, 0.2) is 0 Å². The van der Waals surface area contributed by atoms with Gasteiger partial charge in [-0.05, 0) is 12.1 Å². The molecule has 1 aromatic rings. The summed E-state index contributed by atoms with van der Waals surface area (Å²) in [5, 5.41) is 11.9. The van der Waals surface area contributed by atoms with E-state index < -0.39 is 6.10 Å². The van der Waals surface area contributed by atoms with E-state index in [4.69, 9.17) is 4.74 Å². The first-order valence-corrected chi connectivity index (χ1v) is 6.65. The fourth-order valence-electron chi connectivity index (χ4n) is 1.69. The molecule has 4 N–H and O–H groups in total. The zero-order valence-corrected chi connectivity index (χ0v) is 11.4. The van der Waals surface area contributed by atoms with Crippen molar-refractivity contribution in [3.63, 3.8) is 0 Å². The van der Waals surface area contributed by atoms with Crippen molar-refractivity contribution in [1.82, 2.24) is 0 Å². The lowest BCUT2D eigenvalue weighted by molar-refractivity contribution is -0.860. The number of aliphatic hydroxyl groups is 1. The molecular weight excluding hydrogens is 228 g/mol. The summed E-state index contributed by atoms with van der Waals surface area (Å²) in [5.41, 5.74) is 0. The molecule has 0 bridgehead atoms. The third-order valence-electron chi connectivity index (χ3n) is 2.71. The first-order valence-electron chi connectivity index (χ1n) is 6.65. The Morgan fingerprint density at radius 1 is 1.28 bits per heavy atom. The van der Waals surface area contributed by atoms with E-state index in [1.54, 1.807) is 0 Å². The molecule has 4 heteroatoms. The molecule has 4 nitrogen and oxygen atoms in total. The highest BCUT2D eigenvalue weighted by molar-refractivity contribution is 5.20. The average molecular weight is 254 g/mol. The van der Waals surface area contributed by atoms with Crippen molar-refractivity contribution in [2.75, 3.05) is 40.3 Å². The number of nitrogens with one attached hydrogen (secondary N) is 1. The summed E-state index contributed by atoms with van der Waals surface area (Å²) in [5.74, 6) is 0.813. The van der Waals surface area contributed by atoms with E-state index in [-0.39, 0.29) is 0 Å². The van der Waals surface area contributed by atoms with Gasteiger partial charge in [-0.2, -0.15) is 0 Å². The molecule has 18 heavy (non-hydrogen) atoms. The Labute approximate surface area is 110 Å². The minimum absolute atomic E-state index is 0.361. The lowest BCUT2D eigenvalue weighted by Gasteiger charge is -2.11. The third kappa shape index (κ3) is 7.27. The first kappa shape index (κ1) is 15.0. The number of para-hydroxylation sites is 1. The van der Waals surface area contributed by atoms with Crippen molar-refractivity contribution in [1.29, 1.82) is 0 Å². The number of nitrogens with two attached hydrogens (primary N) is 1. The summed E-state index contributed by atoms with van der Waals surface area (Å²) in [4.78, 5) is 1.47. The van der Waals surface area contributed by atoms with Gasteiger partial charge in [0.25, 0.3) is 0 Å². The summed E-state index contributed by atoms with van der Waals surface area (Å²) >= 11 is 0. The second-order valence-electron chi connectivity index (χ2n) is 4.90. The fourth-order valence-corrected chi connectivity index (χ4v) is 1.69. The van der Waals surface area contributed by atoms with Crippen LogP contribution in [-0.2, 0) is 0 Å². The van der Waals surface area contributed by atoms with Gasteiger partial charge >= 0.3 is 0 Å². The van der Waals surface area contributed by atoms with Gasteiger partial charge in [-0.1, -0.05) is 18.2 Å². The van der Waals surface area contributed by atoms with E-state index in [1.807, 2.05) is 30.3 Å². The van der Waals surface area contributed by atoms with Gasteiger partial charge in [0.1, 0.15) is 25.0 Å². The third-order valence-corrected chi connectivity index (χ3v) is 2.71. The average Bonchev–Trinajstić information content (AvgIpc) is 2.37. The van der Waals surface area contributed by atoms with Crippen molar-refractivity contribution < 1.29 is 20.1 Å². The van der Waals surface area contributed by atoms with Crippen LogP contribution in [0.1, 0.15) is 6.42 Å². The van der Waals surface area contributed by atoms with Gasteiger partial charge in [-0.3, -0.25) is 0 Å². The smallest absolute Gasteiger partial charge is 0.137 e. The Morgan fingerprint density at radius 3 is 2.67 bits per heavy atom. The van der Waals surface area contributed by atoms with Gasteiger partial charge in [0.2, 0.25) is 0 Å². The number of hydrogen-bond acceptors (Lipinski definition) is 2. The van der Waals surface area contributed by atoms with Crippen molar-refractivity contribution in [2.45, 2.75) is 12.5 Å². The molecule has 0 aliphatic rings. The van der Waals surface area contributed by atoms with Crippen molar-refractivity contribution >= 4 is 0 Å². The summed E-state index contributed by atoms with van der Waals surface area (Å²) < 4.78 is 5.49. The van der Waals surface area contributed by atoms with E-state index in [1.165, 1.54) is 17.9 Å². The van der Waals surface area contributed by atoms with Crippen molar-refractivity contribution in [2.24, 2.45) is 0 Å². The number of hydrogen-bond donors (Lipinski definition) is 3. The molecule has 1 atom stereocenters. The van der Waals surface area contributed by atoms with Gasteiger partial charge in [-0.15, -0.1) is 0 Å². The number of aliphatic hydroxyl groups excluding tert-OH is 1. The SMILES string of the molecule is C[NH+](C)CCC[NH2+]C[C@@H](O)COc1ccccc1. The van der Waals surface area contributed by atoms with Crippen LogP contribution in [-0.4, -0.2) is 51.5 Å². The first-order chi connectivity index (χ1) is 8.68. The maximum absolute atomic E-state index is 9.76. The molecule has 0 spiro atoms. The Balaban J connectivity index is 2.02. The second-order valence-corrected chi connectivity index (χ2v) is 4.90.